The topological polar surface area (TPSA) is 90.6 Å². The predicted molar refractivity (Wildman–Crippen MR) is 121 cm³/mol. The number of carbonyl (C=O) groups excluding carboxylic acids is 1. The second-order valence-corrected chi connectivity index (χ2v) is 7.94. The Hall–Kier alpha value is -3.67. The van der Waals surface area contributed by atoms with Crippen molar-refractivity contribution in [1.29, 1.82) is 0 Å². The van der Waals surface area contributed by atoms with Gasteiger partial charge in [-0.25, -0.2) is 4.39 Å². The number of amides is 1. The molecule has 3 aromatic rings. The molecule has 0 bridgehead atoms. The van der Waals surface area contributed by atoms with E-state index < -0.39 is 18.1 Å². The lowest BCUT2D eigenvalue weighted by Crippen LogP contribution is -2.44. The van der Waals surface area contributed by atoms with Crippen LogP contribution in [0.5, 0.6) is 0 Å². The molecule has 1 N–H and O–H groups in total. The third-order valence-electron chi connectivity index (χ3n) is 5.45. The van der Waals surface area contributed by atoms with Gasteiger partial charge < -0.3 is 24.4 Å². The van der Waals surface area contributed by atoms with Crippen LogP contribution in [-0.4, -0.2) is 61.9 Å². The highest BCUT2D eigenvalue weighted by Crippen LogP contribution is 2.35. The maximum Gasteiger partial charge on any atom is 0.314 e. The average Bonchev–Trinajstić information content (AvgIpc) is 3.34. The average molecular weight is 475 g/mol. The van der Waals surface area contributed by atoms with Crippen LogP contribution >= 0.6 is 0 Å². The van der Waals surface area contributed by atoms with Gasteiger partial charge in [-0.2, -0.15) is 8.78 Å². The number of aromatic nitrogens is 3. The van der Waals surface area contributed by atoms with E-state index in [1.165, 1.54) is 17.2 Å². The molecule has 0 atom stereocenters. The molecular formula is C22H24F3N7O2. The second-order valence-electron chi connectivity index (χ2n) is 7.94. The Morgan fingerprint density at radius 1 is 1.18 bits per heavy atom. The van der Waals surface area contributed by atoms with E-state index in [9.17, 15) is 13.6 Å². The summed E-state index contributed by atoms with van der Waals surface area (Å²) in [6, 6.07) is 6.30. The SMILES string of the molecule is CN(C)c1cc(N2CCNCC2)c(F)cc1N(C=O)Cc1ccc(-c2nnc(C(F)F)o2)cn1. The van der Waals surface area contributed by atoms with Crippen molar-refractivity contribution >= 4 is 23.5 Å². The number of halogens is 3. The largest absolute Gasteiger partial charge is 0.415 e. The molecule has 0 unspecified atom stereocenters. The summed E-state index contributed by atoms with van der Waals surface area (Å²) >= 11 is 0. The molecule has 1 aromatic carbocycles. The van der Waals surface area contributed by atoms with Crippen molar-refractivity contribution in [3.05, 3.63) is 47.9 Å². The fourth-order valence-corrected chi connectivity index (χ4v) is 3.71. The monoisotopic (exact) mass is 475 g/mol. The molecule has 180 valence electrons. The third kappa shape index (κ3) is 4.96. The molecule has 1 aliphatic heterocycles. The summed E-state index contributed by atoms with van der Waals surface area (Å²) in [6.45, 7) is 3.00. The lowest BCUT2D eigenvalue weighted by atomic mass is 10.1. The highest BCUT2D eigenvalue weighted by Gasteiger charge is 2.22. The highest BCUT2D eigenvalue weighted by molar-refractivity contribution is 5.86. The van der Waals surface area contributed by atoms with Crippen LogP contribution in [0.2, 0.25) is 0 Å². The number of rotatable bonds is 8. The standard InChI is InChI=1S/C22H24F3N7O2/c1-30(2)18-10-17(31-7-5-26-6-8-31)16(23)9-19(18)32(13-33)12-15-4-3-14(11-27-15)21-28-29-22(34-21)20(24)25/h3-4,9-11,13,20,26H,5-8,12H2,1-2H3. The van der Waals surface area contributed by atoms with E-state index >= 15 is 4.39 Å². The van der Waals surface area contributed by atoms with Crippen LogP contribution in [0.25, 0.3) is 11.5 Å². The number of carbonyl (C=O) groups is 1. The number of piperazine rings is 1. The number of alkyl halides is 2. The minimum atomic E-state index is -2.86. The fourth-order valence-electron chi connectivity index (χ4n) is 3.71. The lowest BCUT2D eigenvalue weighted by molar-refractivity contribution is -0.107. The highest BCUT2D eigenvalue weighted by atomic mass is 19.3. The lowest BCUT2D eigenvalue weighted by Gasteiger charge is -2.32. The van der Waals surface area contributed by atoms with E-state index in [-0.39, 0.29) is 12.4 Å². The quantitative estimate of drug-likeness (QED) is 0.498. The van der Waals surface area contributed by atoms with Crippen LogP contribution in [0.15, 0.2) is 34.9 Å². The van der Waals surface area contributed by atoms with Gasteiger partial charge in [0.1, 0.15) is 5.82 Å². The summed E-state index contributed by atoms with van der Waals surface area (Å²) < 4.78 is 45.4. The van der Waals surface area contributed by atoms with E-state index in [1.54, 1.807) is 18.2 Å². The Labute approximate surface area is 194 Å². The molecule has 9 nitrogen and oxygen atoms in total. The molecule has 0 radical (unpaired) electrons. The first kappa shape index (κ1) is 23.5. The molecule has 2 aromatic heterocycles. The van der Waals surface area contributed by atoms with Gasteiger partial charge in [-0.1, -0.05) is 0 Å². The van der Waals surface area contributed by atoms with Gasteiger partial charge in [-0.3, -0.25) is 9.78 Å². The van der Waals surface area contributed by atoms with E-state index in [4.69, 9.17) is 4.42 Å². The molecule has 4 rings (SSSR count). The summed E-state index contributed by atoms with van der Waals surface area (Å²) in [5, 5.41) is 10.1. The fraction of sp³-hybridized carbons (Fsp3) is 0.364. The molecule has 0 spiro atoms. The normalized spacial score (nSPS) is 13.9. The minimum Gasteiger partial charge on any atom is -0.415 e. The van der Waals surface area contributed by atoms with Gasteiger partial charge in [0.25, 0.3) is 5.89 Å². The van der Waals surface area contributed by atoms with Crippen LogP contribution in [0.4, 0.5) is 30.2 Å². The first-order valence-corrected chi connectivity index (χ1v) is 10.6. The molecule has 3 heterocycles. The van der Waals surface area contributed by atoms with Gasteiger partial charge in [0.15, 0.2) is 0 Å². The van der Waals surface area contributed by atoms with Crippen molar-refractivity contribution in [2.45, 2.75) is 13.0 Å². The molecule has 1 amide bonds. The zero-order valence-electron chi connectivity index (χ0n) is 18.7. The van der Waals surface area contributed by atoms with Crippen molar-refractivity contribution in [2.24, 2.45) is 0 Å². The van der Waals surface area contributed by atoms with Crippen LogP contribution in [0.3, 0.4) is 0 Å². The Bertz CT molecular complexity index is 1130. The molecule has 1 fully saturated rings. The van der Waals surface area contributed by atoms with Crippen molar-refractivity contribution in [1.82, 2.24) is 20.5 Å². The summed E-state index contributed by atoms with van der Waals surface area (Å²) in [5.41, 5.74) is 2.44. The molecular weight excluding hydrogens is 451 g/mol. The first-order valence-electron chi connectivity index (χ1n) is 10.6. The number of anilines is 3. The second kappa shape index (κ2) is 10.1. The minimum absolute atomic E-state index is 0.0726. The molecule has 1 saturated heterocycles. The summed E-state index contributed by atoms with van der Waals surface area (Å²) in [5.74, 6) is -1.26. The van der Waals surface area contributed by atoms with Gasteiger partial charge in [0, 0.05) is 52.5 Å². The van der Waals surface area contributed by atoms with E-state index in [0.717, 1.165) is 13.1 Å². The van der Waals surface area contributed by atoms with Gasteiger partial charge >= 0.3 is 6.43 Å². The number of nitrogens with zero attached hydrogens (tertiary/aromatic N) is 6. The van der Waals surface area contributed by atoms with Crippen molar-refractivity contribution in [3.8, 4) is 11.5 Å². The predicted octanol–water partition coefficient (Wildman–Crippen LogP) is 2.85. The van der Waals surface area contributed by atoms with Gasteiger partial charge in [0.2, 0.25) is 12.3 Å². The summed E-state index contributed by atoms with van der Waals surface area (Å²) in [7, 11) is 3.65. The van der Waals surface area contributed by atoms with Gasteiger partial charge in [0.05, 0.1) is 34.9 Å². The Morgan fingerprint density at radius 3 is 2.53 bits per heavy atom. The third-order valence-corrected chi connectivity index (χ3v) is 5.45. The van der Waals surface area contributed by atoms with Gasteiger partial charge in [-0.05, 0) is 18.2 Å². The van der Waals surface area contributed by atoms with Crippen LogP contribution in [-0.2, 0) is 11.3 Å². The summed E-state index contributed by atoms with van der Waals surface area (Å²) in [6.07, 6.45) is -0.851. The Balaban J connectivity index is 1.58. The molecule has 0 saturated carbocycles. The van der Waals surface area contributed by atoms with Crippen LogP contribution in [0, 0.1) is 5.82 Å². The van der Waals surface area contributed by atoms with Crippen molar-refractivity contribution in [2.75, 3.05) is 55.0 Å². The molecule has 1 aliphatic rings. The number of nitrogens with one attached hydrogen (secondary N) is 1. The zero-order valence-corrected chi connectivity index (χ0v) is 18.7. The maximum absolute atomic E-state index is 15.1. The number of hydrogen-bond acceptors (Lipinski definition) is 8. The molecule has 34 heavy (non-hydrogen) atoms. The molecule has 0 aliphatic carbocycles. The maximum atomic E-state index is 15.1. The Morgan fingerprint density at radius 2 is 1.94 bits per heavy atom. The number of pyridine rings is 1. The van der Waals surface area contributed by atoms with Crippen LogP contribution in [0.1, 0.15) is 18.0 Å². The van der Waals surface area contributed by atoms with E-state index in [1.807, 2.05) is 23.9 Å². The van der Waals surface area contributed by atoms with Crippen molar-refractivity contribution < 1.29 is 22.4 Å². The summed E-state index contributed by atoms with van der Waals surface area (Å²) in [4.78, 5) is 21.4. The van der Waals surface area contributed by atoms with E-state index in [0.29, 0.717) is 47.8 Å². The van der Waals surface area contributed by atoms with Gasteiger partial charge in [-0.15, -0.1) is 10.2 Å². The van der Waals surface area contributed by atoms with Crippen LogP contribution < -0.4 is 20.0 Å². The van der Waals surface area contributed by atoms with E-state index in [2.05, 4.69) is 20.5 Å². The Kier molecular flexibility index (Phi) is 6.96. The molecule has 12 heteroatoms. The smallest absolute Gasteiger partial charge is 0.314 e. The first-order chi connectivity index (χ1) is 16.4. The number of benzene rings is 1. The number of hydrogen-bond donors (Lipinski definition) is 1. The zero-order chi connectivity index (χ0) is 24.2. The van der Waals surface area contributed by atoms with Crippen molar-refractivity contribution in [3.63, 3.8) is 0 Å².